The molecule has 7 heteroatoms. The first-order valence-corrected chi connectivity index (χ1v) is 7.16. The molecule has 1 aliphatic rings. The van der Waals surface area contributed by atoms with E-state index in [2.05, 4.69) is 10.5 Å². The van der Waals surface area contributed by atoms with Crippen LogP contribution >= 0.6 is 11.8 Å². The lowest BCUT2D eigenvalue weighted by atomic mass is 10.2. The van der Waals surface area contributed by atoms with Crippen molar-refractivity contribution in [3.63, 3.8) is 0 Å². The van der Waals surface area contributed by atoms with Crippen molar-refractivity contribution in [3.05, 3.63) is 24.0 Å². The second kappa shape index (κ2) is 6.78. The van der Waals surface area contributed by atoms with E-state index < -0.39 is 0 Å². The topological polar surface area (TPSA) is 75.2 Å². The molecule has 0 amide bonds. The van der Waals surface area contributed by atoms with E-state index >= 15 is 0 Å². The summed E-state index contributed by atoms with van der Waals surface area (Å²) in [7, 11) is 0. The van der Waals surface area contributed by atoms with Crippen molar-refractivity contribution in [2.45, 2.75) is 0 Å². The van der Waals surface area contributed by atoms with Crippen LogP contribution in [0.5, 0.6) is 0 Å². The Morgan fingerprint density at radius 1 is 1.30 bits per heavy atom. The van der Waals surface area contributed by atoms with E-state index in [0.717, 1.165) is 24.6 Å². The smallest absolute Gasteiger partial charge is 0.237 e. The second-order valence-corrected chi connectivity index (χ2v) is 5.29. The van der Waals surface area contributed by atoms with Gasteiger partial charge in [0.2, 0.25) is 5.71 Å². The van der Waals surface area contributed by atoms with Gasteiger partial charge in [-0.15, -0.1) is 0 Å². The molecule has 2 rings (SSSR count). The molecule has 1 aromatic carbocycles. The zero-order chi connectivity index (χ0) is 14.4. The van der Waals surface area contributed by atoms with Gasteiger partial charge in [0.05, 0.1) is 11.4 Å². The molecule has 1 N–H and O–H groups in total. The first kappa shape index (κ1) is 14.2. The van der Waals surface area contributed by atoms with E-state index in [-0.39, 0.29) is 11.5 Å². The van der Waals surface area contributed by atoms with Crippen LogP contribution in [-0.4, -0.2) is 30.3 Å². The fraction of sp³-hybridized carbons (Fsp3) is 0.308. The highest BCUT2D eigenvalue weighted by atomic mass is 32.2. The van der Waals surface area contributed by atoms with E-state index in [1.54, 1.807) is 24.3 Å². The van der Waals surface area contributed by atoms with E-state index in [1.165, 1.54) is 6.07 Å². The molecule has 0 radical (unpaired) electrons. The first-order chi connectivity index (χ1) is 9.74. The average molecular weight is 289 g/mol. The van der Waals surface area contributed by atoms with Crippen LogP contribution in [-0.2, 0) is 0 Å². The summed E-state index contributed by atoms with van der Waals surface area (Å²) < 4.78 is 14.1. The van der Waals surface area contributed by atoms with Crippen molar-refractivity contribution in [1.82, 2.24) is 0 Å². The number of halogens is 1. The maximum Gasteiger partial charge on any atom is 0.237 e. The molecule has 0 spiro atoms. The van der Waals surface area contributed by atoms with Crippen molar-refractivity contribution in [1.29, 1.82) is 10.5 Å². The summed E-state index contributed by atoms with van der Waals surface area (Å²) in [6.07, 6.45) is 0. The summed E-state index contributed by atoms with van der Waals surface area (Å²) in [5.74, 6) is 1.65. The first-order valence-electron chi connectivity index (χ1n) is 6.00. The van der Waals surface area contributed by atoms with Crippen molar-refractivity contribution < 1.29 is 4.39 Å². The van der Waals surface area contributed by atoms with Crippen molar-refractivity contribution in [2.75, 3.05) is 34.9 Å². The molecule has 0 atom stereocenters. The predicted octanol–water partition coefficient (Wildman–Crippen LogP) is 2.19. The molecule has 1 aromatic rings. The summed E-state index contributed by atoms with van der Waals surface area (Å²) in [6.45, 7) is 1.67. The quantitative estimate of drug-likeness (QED) is 0.682. The Morgan fingerprint density at radius 3 is 2.60 bits per heavy atom. The zero-order valence-corrected chi connectivity index (χ0v) is 11.5. The van der Waals surface area contributed by atoms with Gasteiger partial charge in [-0.3, -0.25) is 5.43 Å². The Hall–Kier alpha value is -2.25. The molecular weight excluding hydrogens is 277 g/mol. The van der Waals surface area contributed by atoms with Gasteiger partial charge in [0.25, 0.3) is 0 Å². The van der Waals surface area contributed by atoms with E-state index in [1.807, 2.05) is 16.7 Å². The number of nitrogens with zero attached hydrogens (tertiary/aromatic N) is 4. The average Bonchev–Trinajstić information content (AvgIpc) is 2.49. The molecule has 102 valence electrons. The predicted molar refractivity (Wildman–Crippen MR) is 78.2 cm³/mol. The molecule has 1 heterocycles. The molecule has 1 aliphatic heterocycles. The Kier molecular flexibility index (Phi) is 4.80. The van der Waals surface area contributed by atoms with Gasteiger partial charge in [-0.2, -0.15) is 27.4 Å². The molecule has 1 fully saturated rings. The van der Waals surface area contributed by atoms with Gasteiger partial charge in [-0.05, 0) is 12.1 Å². The van der Waals surface area contributed by atoms with Crippen molar-refractivity contribution in [3.8, 4) is 12.1 Å². The van der Waals surface area contributed by atoms with Crippen molar-refractivity contribution in [2.24, 2.45) is 5.10 Å². The lowest BCUT2D eigenvalue weighted by molar-refractivity contribution is 0.620. The number of nitrogens with one attached hydrogen (secondary N) is 1. The number of nitriles is 2. The van der Waals surface area contributed by atoms with Crippen LogP contribution in [0.2, 0.25) is 0 Å². The maximum absolute atomic E-state index is 14.1. The lowest BCUT2D eigenvalue weighted by Gasteiger charge is -2.28. The monoisotopic (exact) mass is 289 g/mol. The molecule has 20 heavy (non-hydrogen) atoms. The Morgan fingerprint density at radius 2 is 2.00 bits per heavy atom. The van der Waals surface area contributed by atoms with E-state index in [9.17, 15) is 4.39 Å². The third-order valence-electron chi connectivity index (χ3n) is 2.81. The molecule has 1 saturated heterocycles. The normalized spacial score (nSPS) is 14.1. The fourth-order valence-electron chi connectivity index (χ4n) is 1.83. The molecule has 0 unspecified atom stereocenters. The zero-order valence-electron chi connectivity index (χ0n) is 10.6. The summed E-state index contributed by atoms with van der Waals surface area (Å²) in [6, 6.07) is 7.91. The highest BCUT2D eigenvalue weighted by Crippen LogP contribution is 2.25. The van der Waals surface area contributed by atoms with Crippen LogP contribution in [0.1, 0.15) is 0 Å². The van der Waals surface area contributed by atoms with Gasteiger partial charge in [0.1, 0.15) is 18.0 Å². The Balaban J connectivity index is 2.12. The maximum atomic E-state index is 14.1. The molecule has 0 aliphatic carbocycles. The minimum absolute atomic E-state index is 0.303. The van der Waals surface area contributed by atoms with Crippen LogP contribution in [0.25, 0.3) is 0 Å². The molecular formula is C13H12FN5S. The lowest BCUT2D eigenvalue weighted by Crippen LogP contribution is -2.33. The molecule has 5 nitrogen and oxygen atoms in total. The molecule has 0 saturated carbocycles. The van der Waals surface area contributed by atoms with Gasteiger partial charge in [0.15, 0.2) is 0 Å². The van der Waals surface area contributed by atoms with Crippen molar-refractivity contribution >= 4 is 28.8 Å². The van der Waals surface area contributed by atoms with Gasteiger partial charge < -0.3 is 4.90 Å². The Bertz CT molecular complexity index is 580. The van der Waals surface area contributed by atoms with Gasteiger partial charge >= 0.3 is 0 Å². The van der Waals surface area contributed by atoms with Crippen LogP contribution in [0.4, 0.5) is 15.8 Å². The minimum atomic E-state index is -0.340. The largest absolute Gasteiger partial charge is 0.368 e. The second-order valence-electron chi connectivity index (χ2n) is 4.06. The number of hydrogen-bond acceptors (Lipinski definition) is 6. The number of rotatable bonds is 3. The summed E-state index contributed by atoms with van der Waals surface area (Å²) in [4.78, 5) is 2.01. The standard InChI is InChI=1S/C13H12FN5S/c14-12-7-10(17-18-11(8-15)9-16)1-2-13(12)19-3-5-20-6-4-19/h1-2,7,17H,3-6H2. The molecule has 0 bridgehead atoms. The van der Waals surface area contributed by atoms with Crippen LogP contribution < -0.4 is 10.3 Å². The van der Waals surface area contributed by atoms with E-state index in [0.29, 0.717) is 11.4 Å². The van der Waals surface area contributed by atoms with Gasteiger partial charge in [-0.1, -0.05) is 0 Å². The fourth-order valence-corrected chi connectivity index (χ4v) is 2.74. The van der Waals surface area contributed by atoms with E-state index in [4.69, 9.17) is 10.5 Å². The summed E-state index contributed by atoms with van der Waals surface area (Å²) >= 11 is 1.86. The molecule has 0 aromatic heterocycles. The van der Waals surface area contributed by atoms with Crippen LogP contribution in [0.15, 0.2) is 23.3 Å². The minimum Gasteiger partial charge on any atom is -0.368 e. The third-order valence-corrected chi connectivity index (χ3v) is 3.75. The van der Waals surface area contributed by atoms with Crippen LogP contribution in [0.3, 0.4) is 0 Å². The summed E-state index contributed by atoms with van der Waals surface area (Å²) in [5, 5.41) is 20.7. The third kappa shape index (κ3) is 3.40. The number of anilines is 2. The number of hydrazone groups is 1. The highest BCUT2D eigenvalue weighted by molar-refractivity contribution is 7.99. The van der Waals surface area contributed by atoms with Crippen LogP contribution in [0, 0.1) is 28.5 Å². The van der Waals surface area contributed by atoms with Gasteiger partial charge in [0, 0.05) is 30.7 Å². The number of hydrogen-bond donors (Lipinski definition) is 1. The Labute approximate surface area is 120 Å². The number of thioether (sulfide) groups is 1. The summed E-state index contributed by atoms with van der Waals surface area (Å²) in [5.41, 5.74) is 3.17. The van der Waals surface area contributed by atoms with Gasteiger partial charge in [-0.25, -0.2) is 4.39 Å². The SMILES string of the molecule is N#CC(C#N)=NNc1ccc(N2CCSCC2)c(F)c1. The highest BCUT2D eigenvalue weighted by Gasteiger charge is 2.15. The number of benzene rings is 1.